The second-order valence-electron chi connectivity index (χ2n) is 2.87. The van der Waals surface area contributed by atoms with Gasteiger partial charge in [-0.1, -0.05) is 27.2 Å². The summed E-state index contributed by atoms with van der Waals surface area (Å²) >= 11 is 0. The Labute approximate surface area is 58.4 Å². The molecule has 0 radical (unpaired) electrons. The van der Waals surface area contributed by atoms with Gasteiger partial charge in [-0.05, 0) is 11.8 Å². The van der Waals surface area contributed by atoms with E-state index in [9.17, 15) is 0 Å². The van der Waals surface area contributed by atoms with Crippen LogP contribution in [0.5, 0.6) is 0 Å². The maximum atomic E-state index is 5.06. The van der Waals surface area contributed by atoms with Crippen LogP contribution in [0.3, 0.4) is 0 Å². The lowest BCUT2D eigenvalue weighted by Gasteiger charge is -2.16. The molecule has 0 aromatic rings. The third kappa shape index (κ3) is 3.52. The molecule has 0 aromatic heterocycles. The number of hydrogen-bond donors (Lipinski definition) is 0. The Morgan fingerprint density at radius 2 is 1.89 bits per heavy atom. The molecule has 0 heterocycles. The molecule has 1 heteroatoms. The van der Waals surface area contributed by atoms with Crippen LogP contribution in [-0.2, 0) is 4.74 Å². The van der Waals surface area contributed by atoms with E-state index in [2.05, 4.69) is 20.8 Å². The molecule has 0 unspecified atom stereocenters. The summed E-state index contributed by atoms with van der Waals surface area (Å²) in [6.07, 6.45) is 1.23. The summed E-state index contributed by atoms with van der Waals surface area (Å²) in [5, 5.41) is 0. The first-order valence-corrected chi connectivity index (χ1v) is 3.71. The van der Waals surface area contributed by atoms with Crippen LogP contribution in [0.25, 0.3) is 0 Å². The minimum Gasteiger partial charge on any atom is -0.384 e. The number of hydrogen-bond acceptors (Lipinski definition) is 1. The fourth-order valence-electron chi connectivity index (χ4n) is 0.996. The number of ether oxygens (including phenoxy) is 1. The van der Waals surface area contributed by atoms with Crippen LogP contribution < -0.4 is 0 Å². The van der Waals surface area contributed by atoms with Crippen molar-refractivity contribution in [2.45, 2.75) is 27.2 Å². The molecule has 0 bridgehead atoms. The zero-order chi connectivity index (χ0) is 7.28. The second-order valence-corrected chi connectivity index (χ2v) is 2.87. The van der Waals surface area contributed by atoms with E-state index in [1.807, 2.05) is 0 Å². The first-order valence-electron chi connectivity index (χ1n) is 3.71. The number of methoxy groups -OCH3 is 1. The Hall–Kier alpha value is -0.0400. The smallest absolute Gasteiger partial charge is 0.0492 e. The lowest BCUT2D eigenvalue weighted by atomic mass is 9.94. The molecule has 0 N–H and O–H groups in total. The van der Waals surface area contributed by atoms with Crippen LogP contribution in [0, 0.1) is 11.8 Å². The molecule has 9 heavy (non-hydrogen) atoms. The summed E-state index contributed by atoms with van der Waals surface area (Å²) in [6, 6.07) is 0. The van der Waals surface area contributed by atoms with Gasteiger partial charge in [0, 0.05) is 13.7 Å². The van der Waals surface area contributed by atoms with Gasteiger partial charge in [-0.2, -0.15) is 0 Å². The monoisotopic (exact) mass is 130 g/mol. The van der Waals surface area contributed by atoms with Gasteiger partial charge in [0.05, 0.1) is 0 Å². The van der Waals surface area contributed by atoms with Crippen molar-refractivity contribution < 1.29 is 4.74 Å². The quantitative estimate of drug-likeness (QED) is 0.567. The molecular weight excluding hydrogens is 112 g/mol. The zero-order valence-electron chi connectivity index (χ0n) is 6.98. The summed E-state index contributed by atoms with van der Waals surface area (Å²) in [6.45, 7) is 7.61. The summed E-state index contributed by atoms with van der Waals surface area (Å²) in [5.41, 5.74) is 0. The molecule has 0 amide bonds. The fourth-order valence-corrected chi connectivity index (χ4v) is 0.996. The van der Waals surface area contributed by atoms with Gasteiger partial charge in [-0.15, -0.1) is 0 Å². The molecule has 0 aliphatic rings. The molecule has 0 aromatic carbocycles. The van der Waals surface area contributed by atoms with E-state index in [1.54, 1.807) is 7.11 Å². The molecule has 0 spiro atoms. The number of rotatable bonds is 4. The molecule has 0 aliphatic carbocycles. The van der Waals surface area contributed by atoms with Crippen molar-refractivity contribution in [3.8, 4) is 0 Å². The van der Waals surface area contributed by atoms with Gasteiger partial charge in [0.2, 0.25) is 0 Å². The van der Waals surface area contributed by atoms with Crippen molar-refractivity contribution in [1.29, 1.82) is 0 Å². The summed E-state index contributed by atoms with van der Waals surface area (Å²) < 4.78 is 5.06. The largest absolute Gasteiger partial charge is 0.384 e. The minimum absolute atomic E-state index is 0.745. The van der Waals surface area contributed by atoms with E-state index < -0.39 is 0 Å². The molecule has 0 saturated carbocycles. The second kappa shape index (κ2) is 4.80. The van der Waals surface area contributed by atoms with E-state index >= 15 is 0 Å². The van der Waals surface area contributed by atoms with E-state index in [1.165, 1.54) is 6.42 Å². The van der Waals surface area contributed by atoms with Crippen molar-refractivity contribution >= 4 is 0 Å². The lowest BCUT2D eigenvalue weighted by molar-refractivity contribution is 0.127. The van der Waals surface area contributed by atoms with Crippen molar-refractivity contribution in [2.75, 3.05) is 13.7 Å². The highest BCUT2D eigenvalue weighted by Crippen LogP contribution is 2.13. The SMILES string of the molecule is CC[C@@H](COC)C(C)C. The summed E-state index contributed by atoms with van der Waals surface area (Å²) in [7, 11) is 1.77. The summed E-state index contributed by atoms with van der Waals surface area (Å²) in [5.74, 6) is 1.50. The van der Waals surface area contributed by atoms with Gasteiger partial charge < -0.3 is 4.74 Å². The van der Waals surface area contributed by atoms with E-state index in [0.717, 1.165) is 18.4 Å². The van der Waals surface area contributed by atoms with Crippen LogP contribution in [0.4, 0.5) is 0 Å². The summed E-state index contributed by atoms with van der Waals surface area (Å²) in [4.78, 5) is 0. The van der Waals surface area contributed by atoms with Gasteiger partial charge in [-0.3, -0.25) is 0 Å². The third-order valence-electron chi connectivity index (χ3n) is 1.85. The molecule has 56 valence electrons. The van der Waals surface area contributed by atoms with Crippen molar-refractivity contribution in [3.63, 3.8) is 0 Å². The Kier molecular flexibility index (Phi) is 4.78. The van der Waals surface area contributed by atoms with Crippen LogP contribution in [0.2, 0.25) is 0 Å². The average molecular weight is 130 g/mol. The topological polar surface area (TPSA) is 9.23 Å². The van der Waals surface area contributed by atoms with Crippen LogP contribution >= 0.6 is 0 Å². The van der Waals surface area contributed by atoms with E-state index in [-0.39, 0.29) is 0 Å². The maximum absolute atomic E-state index is 5.06. The molecule has 0 fully saturated rings. The Morgan fingerprint density at radius 3 is 2.00 bits per heavy atom. The van der Waals surface area contributed by atoms with Gasteiger partial charge in [0.1, 0.15) is 0 Å². The highest BCUT2D eigenvalue weighted by molar-refractivity contribution is 4.58. The van der Waals surface area contributed by atoms with E-state index in [4.69, 9.17) is 4.74 Å². The van der Waals surface area contributed by atoms with E-state index in [0.29, 0.717) is 0 Å². The molecule has 0 rings (SSSR count). The minimum atomic E-state index is 0.745. The highest BCUT2D eigenvalue weighted by atomic mass is 16.5. The third-order valence-corrected chi connectivity index (χ3v) is 1.85. The molecular formula is C8H18O. The maximum Gasteiger partial charge on any atom is 0.0492 e. The van der Waals surface area contributed by atoms with Crippen LogP contribution in [0.15, 0.2) is 0 Å². The normalized spacial score (nSPS) is 14.3. The zero-order valence-corrected chi connectivity index (χ0v) is 6.98. The first-order chi connectivity index (χ1) is 4.22. The molecule has 0 aliphatic heterocycles. The Balaban J connectivity index is 3.41. The van der Waals surface area contributed by atoms with Crippen LogP contribution in [0.1, 0.15) is 27.2 Å². The molecule has 1 nitrogen and oxygen atoms in total. The van der Waals surface area contributed by atoms with Crippen molar-refractivity contribution in [2.24, 2.45) is 11.8 Å². The predicted molar refractivity (Wildman–Crippen MR) is 40.5 cm³/mol. The van der Waals surface area contributed by atoms with Gasteiger partial charge >= 0.3 is 0 Å². The fraction of sp³-hybridized carbons (Fsp3) is 1.00. The van der Waals surface area contributed by atoms with Crippen molar-refractivity contribution in [3.05, 3.63) is 0 Å². The predicted octanol–water partition coefficient (Wildman–Crippen LogP) is 2.32. The van der Waals surface area contributed by atoms with Crippen LogP contribution in [-0.4, -0.2) is 13.7 Å². The van der Waals surface area contributed by atoms with Gasteiger partial charge in [-0.25, -0.2) is 0 Å². The van der Waals surface area contributed by atoms with Crippen molar-refractivity contribution in [1.82, 2.24) is 0 Å². The molecule has 0 saturated heterocycles. The highest BCUT2D eigenvalue weighted by Gasteiger charge is 2.08. The van der Waals surface area contributed by atoms with Gasteiger partial charge in [0.15, 0.2) is 0 Å². The average Bonchev–Trinajstić information content (AvgIpc) is 1.82. The Morgan fingerprint density at radius 1 is 1.33 bits per heavy atom. The Bertz CT molecular complexity index is 59.6. The standard InChI is InChI=1S/C8H18O/c1-5-8(6-9-4)7(2)3/h7-8H,5-6H2,1-4H3/t8-/m0/s1. The van der Waals surface area contributed by atoms with Gasteiger partial charge in [0.25, 0.3) is 0 Å². The first kappa shape index (κ1) is 8.96. The lowest BCUT2D eigenvalue weighted by Crippen LogP contribution is -2.13. The molecule has 1 atom stereocenters.